The molecule has 0 radical (unpaired) electrons. The van der Waals surface area contributed by atoms with E-state index < -0.39 is 17.7 Å². The van der Waals surface area contributed by atoms with Gasteiger partial charge in [-0.3, -0.25) is 14.6 Å². The van der Waals surface area contributed by atoms with E-state index in [-0.39, 0.29) is 17.9 Å². The topological polar surface area (TPSA) is 98.2 Å². The van der Waals surface area contributed by atoms with Crippen LogP contribution >= 0.6 is 0 Å². The SMILES string of the molecule is O=C1C(=O)N(Cc2ccccn2)C(c2cccc(Oc3ccccc3)c2)/C1=C(/O)c1ccc2c(c1)OCCO2. The lowest BCUT2D eigenvalue weighted by atomic mass is 9.95. The largest absolute Gasteiger partial charge is 0.507 e. The van der Waals surface area contributed by atoms with Crippen LogP contribution in [-0.4, -0.2) is 39.9 Å². The van der Waals surface area contributed by atoms with E-state index in [0.717, 1.165) is 0 Å². The van der Waals surface area contributed by atoms with Crippen LogP contribution in [0.15, 0.2) is 103 Å². The van der Waals surface area contributed by atoms with Crippen LogP contribution in [0.2, 0.25) is 0 Å². The number of nitrogens with zero attached hydrogens (tertiary/aromatic N) is 2. The van der Waals surface area contributed by atoms with Crippen LogP contribution in [0.5, 0.6) is 23.0 Å². The van der Waals surface area contributed by atoms with Gasteiger partial charge < -0.3 is 24.2 Å². The van der Waals surface area contributed by atoms with Gasteiger partial charge >= 0.3 is 0 Å². The Kier molecular flexibility index (Phi) is 6.42. The molecule has 0 bridgehead atoms. The van der Waals surface area contributed by atoms with E-state index >= 15 is 0 Å². The van der Waals surface area contributed by atoms with Gasteiger partial charge in [0.1, 0.15) is 30.5 Å². The molecule has 3 aromatic carbocycles. The molecule has 4 aromatic rings. The first-order valence-electron chi connectivity index (χ1n) is 12.5. The molecule has 39 heavy (non-hydrogen) atoms. The van der Waals surface area contributed by atoms with Crippen molar-refractivity contribution < 1.29 is 28.9 Å². The van der Waals surface area contributed by atoms with Gasteiger partial charge in [-0.05, 0) is 60.2 Å². The summed E-state index contributed by atoms with van der Waals surface area (Å²) >= 11 is 0. The summed E-state index contributed by atoms with van der Waals surface area (Å²) < 4.78 is 17.3. The van der Waals surface area contributed by atoms with Crippen molar-refractivity contribution >= 4 is 17.4 Å². The molecule has 3 heterocycles. The fourth-order valence-electron chi connectivity index (χ4n) is 4.77. The Labute approximate surface area is 224 Å². The van der Waals surface area contributed by atoms with Crippen molar-refractivity contribution in [3.8, 4) is 23.0 Å². The number of carbonyl (C=O) groups is 2. The maximum Gasteiger partial charge on any atom is 0.296 e. The number of Topliss-reactive ketones (excluding diaryl/α,β-unsaturated/α-hetero) is 1. The Hall–Kier alpha value is -5.11. The minimum atomic E-state index is -0.875. The van der Waals surface area contributed by atoms with Gasteiger partial charge in [0, 0.05) is 11.8 Å². The Morgan fingerprint density at radius 3 is 2.44 bits per heavy atom. The number of hydrogen-bond acceptors (Lipinski definition) is 7. The number of fused-ring (bicyclic) bond motifs is 1. The fraction of sp³-hybridized carbons (Fsp3) is 0.129. The van der Waals surface area contributed by atoms with Gasteiger partial charge in [-0.25, -0.2) is 0 Å². The van der Waals surface area contributed by atoms with Crippen molar-refractivity contribution in [3.63, 3.8) is 0 Å². The van der Waals surface area contributed by atoms with Crippen molar-refractivity contribution in [2.24, 2.45) is 0 Å². The second-order valence-electron chi connectivity index (χ2n) is 9.09. The van der Waals surface area contributed by atoms with Crippen molar-refractivity contribution in [2.75, 3.05) is 13.2 Å². The molecule has 1 fully saturated rings. The normalized spacial score (nSPS) is 17.7. The Bertz CT molecular complexity index is 1570. The average Bonchev–Trinajstić information content (AvgIpc) is 3.22. The molecule has 2 aliphatic rings. The number of ether oxygens (including phenoxy) is 3. The van der Waals surface area contributed by atoms with Crippen molar-refractivity contribution in [1.29, 1.82) is 0 Å². The van der Waals surface area contributed by atoms with E-state index in [1.165, 1.54) is 4.90 Å². The molecule has 194 valence electrons. The van der Waals surface area contributed by atoms with Gasteiger partial charge in [-0.15, -0.1) is 0 Å². The first-order valence-corrected chi connectivity index (χ1v) is 12.5. The molecule has 0 spiro atoms. The third-order valence-corrected chi connectivity index (χ3v) is 6.57. The number of aliphatic hydroxyl groups excluding tert-OH is 1. The van der Waals surface area contributed by atoms with E-state index in [1.54, 1.807) is 60.8 Å². The summed E-state index contributed by atoms with van der Waals surface area (Å²) in [5.74, 6) is 0.388. The zero-order valence-corrected chi connectivity index (χ0v) is 20.8. The zero-order chi connectivity index (χ0) is 26.8. The number of pyridine rings is 1. The molecular weight excluding hydrogens is 496 g/mol. The summed E-state index contributed by atoms with van der Waals surface area (Å²) in [7, 11) is 0. The van der Waals surface area contributed by atoms with E-state index in [2.05, 4.69) is 4.98 Å². The second kappa shape index (κ2) is 10.3. The number of amides is 1. The predicted molar refractivity (Wildman–Crippen MR) is 142 cm³/mol. The second-order valence-corrected chi connectivity index (χ2v) is 9.09. The lowest BCUT2D eigenvalue weighted by Crippen LogP contribution is -2.29. The summed E-state index contributed by atoms with van der Waals surface area (Å²) in [6, 6.07) is 25.9. The molecule has 1 unspecified atom stereocenters. The summed E-state index contributed by atoms with van der Waals surface area (Å²) in [5, 5.41) is 11.5. The van der Waals surface area contributed by atoms with Gasteiger partial charge in [0.2, 0.25) is 0 Å². The van der Waals surface area contributed by atoms with Crippen LogP contribution in [0.3, 0.4) is 0 Å². The van der Waals surface area contributed by atoms with E-state index in [0.29, 0.717) is 53.0 Å². The minimum absolute atomic E-state index is 0.0236. The molecule has 1 atom stereocenters. The van der Waals surface area contributed by atoms with E-state index in [9.17, 15) is 14.7 Å². The first kappa shape index (κ1) is 24.2. The molecule has 6 rings (SSSR count). The quantitative estimate of drug-likeness (QED) is 0.210. The molecule has 8 heteroatoms. The number of para-hydroxylation sites is 1. The highest BCUT2D eigenvalue weighted by molar-refractivity contribution is 6.46. The Balaban J connectivity index is 1.45. The number of aromatic nitrogens is 1. The summed E-state index contributed by atoms with van der Waals surface area (Å²) in [4.78, 5) is 32.6. The maximum absolute atomic E-state index is 13.5. The summed E-state index contributed by atoms with van der Waals surface area (Å²) in [6.45, 7) is 0.885. The molecule has 0 saturated carbocycles. The van der Waals surface area contributed by atoms with Crippen molar-refractivity contribution in [3.05, 3.63) is 120 Å². The van der Waals surface area contributed by atoms with Crippen LogP contribution in [0.25, 0.3) is 5.76 Å². The highest BCUT2D eigenvalue weighted by Gasteiger charge is 2.46. The Morgan fingerprint density at radius 2 is 1.64 bits per heavy atom. The van der Waals surface area contributed by atoms with Gasteiger partial charge in [0.05, 0.1) is 23.9 Å². The molecule has 1 saturated heterocycles. The van der Waals surface area contributed by atoms with Crippen LogP contribution in [0.4, 0.5) is 0 Å². The number of aliphatic hydroxyl groups is 1. The van der Waals surface area contributed by atoms with E-state index in [4.69, 9.17) is 14.2 Å². The number of benzene rings is 3. The van der Waals surface area contributed by atoms with Crippen LogP contribution in [-0.2, 0) is 16.1 Å². The monoisotopic (exact) mass is 520 g/mol. The minimum Gasteiger partial charge on any atom is -0.507 e. The van der Waals surface area contributed by atoms with Crippen molar-refractivity contribution in [1.82, 2.24) is 9.88 Å². The third kappa shape index (κ3) is 4.80. The molecular formula is C31H24N2O6. The smallest absolute Gasteiger partial charge is 0.296 e. The lowest BCUT2D eigenvalue weighted by Gasteiger charge is -2.25. The average molecular weight is 521 g/mol. The standard InChI is InChI=1S/C31H24N2O6/c34-29(21-12-13-25-26(18-21)38-16-15-37-25)27-28(33(31(36)30(27)35)19-22-8-4-5-14-32-22)20-7-6-11-24(17-20)39-23-9-2-1-3-10-23/h1-14,17-18,28,34H,15-16,19H2/b29-27-. The van der Waals surface area contributed by atoms with Gasteiger partial charge in [0.25, 0.3) is 11.7 Å². The molecule has 2 aliphatic heterocycles. The number of likely N-dealkylation sites (tertiary alicyclic amines) is 1. The Morgan fingerprint density at radius 1 is 0.872 bits per heavy atom. The zero-order valence-electron chi connectivity index (χ0n) is 20.8. The molecule has 1 amide bonds. The summed E-state index contributed by atoms with van der Waals surface area (Å²) in [6.07, 6.45) is 1.63. The number of hydrogen-bond donors (Lipinski definition) is 1. The van der Waals surface area contributed by atoms with E-state index in [1.807, 2.05) is 36.4 Å². The lowest BCUT2D eigenvalue weighted by molar-refractivity contribution is -0.140. The predicted octanol–water partition coefficient (Wildman–Crippen LogP) is 5.27. The van der Waals surface area contributed by atoms with Gasteiger partial charge in [-0.2, -0.15) is 0 Å². The van der Waals surface area contributed by atoms with Crippen LogP contribution in [0, 0.1) is 0 Å². The molecule has 1 N–H and O–H groups in total. The first-order chi connectivity index (χ1) is 19.1. The molecule has 8 nitrogen and oxygen atoms in total. The van der Waals surface area contributed by atoms with Crippen molar-refractivity contribution in [2.45, 2.75) is 12.6 Å². The molecule has 1 aromatic heterocycles. The highest BCUT2D eigenvalue weighted by atomic mass is 16.6. The number of ketones is 1. The number of rotatable bonds is 6. The maximum atomic E-state index is 13.5. The molecule has 0 aliphatic carbocycles. The van der Waals surface area contributed by atoms with Gasteiger partial charge in [-0.1, -0.05) is 36.4 Å². The number of carbonyl (C=O) groups excluding carboxylic acids is 2. The highest BCUT2D eigenvalue weighted by Crippen LogP contribution is 2.42. The third-order valence-electron chi connectivity index (χ3n) is 6.57. The summed E-state index contributed by atoms with van der Waals surface area (Å²) in [5.41, 5.74) is 1.54. The van der Waals surface area contributed by atoms with Crippen LogP contribution < -0.4 is 14.2 Å². The van der Waals surface area contributed by atoms with Gasteiger partial charge in [0.15, 0.2) is 11.5 Å². The van der Waals surface area contributed by atoms with Crippen LogP contribution in [0.1, 0.15) is 22.9 Å². The fourth-order valence-corrected chi connectivity index (χ4v) is 4.77.